The lowest BCUT2D eigenvalue weighted by atomic mass is 9.95. The molecule has 2 aliphatic rings. The van der Waals surface area contributed by atoms with E-state index in [-0.39, 0.29) is 11.6 Å². The van der Waals surface area contributed by atoms with Crippen molar-refractivity contribution in [3.05, 3.63) is 29.8 Å². The van der Waals surface area contributed by atoms with E-state index in [9.17, 15) is 5.11 Å². The highest BCUT2D eigenvalue weighted by Gasteiger charge is 2.50. The quantitative estimate of drug-likeness (QED) is 0.838. The molecule has 3 rings (SSSR count). The van der Waals surface area contributed by atoms with E-state index in [0.29, 0.717) is 5.75 Å². The van der Waals surface area contributed by atoms with E-state index in [2.05, 4.69) is 4.90 Å². The molecule has 1 aromatic carbocycles. The Labute approximate surface area is 102 Å². The lowest BCUT2D eigenvalue weighted by Crippen LogP contribution is -2.41. The van der Waals surface area contributed by atoms with Crippen LogP contribution in [0.5, 0.6) is 5.75 Å². The first-order chi connectivity index (χ1) is 8.21. The standard InChI is InChI=1S/C14H20N2O/c15-14(7-8-14)13(16-9-3-4-10-16)11-5-1-2-6-12(11)17/h1-2,5-6,13,17H,3-4,7-10,15H2. The normalized spacial score (nSPS) is 24.8. The Morgan fingerprint density at radius 1 is 1.18 bits per heavy atom. The van der Waals surface area contributed by atoms with Crippen LogP contribution in [0.4, 0.5) is 0 Å². The molecule has 1 unspecified atom stereocenters. The van der Waals surface area contributed by atoms with Gasteiger partial charge in [0.05, 0.1) is 6.04 Å². The zero-order chi connectivity index (χ0) is 11.9. The molecule has 0 radical (unpaired) electrons. The summed E-state index contributed by atoms with van der Waals surface area (Å²) in [4.78, 5) is 2.45. The Balaban J connectivity index is 1.96. The van der Waals surface area contributed by atoms with Crippen LogP contribution < -0.4 is 5.73 Å². The van der Waals surface area contributed by atoms with Gasteiger partial charge in [0.2, 0.25) is 0 Å². The number of nitrogens with two attached hydrogens (primary N) is 1. The van der Waals surface area contributed by atoms with Crippen molar-refractivity contribution in [2.24, 2.45) is 5.73 Å². The van der Waals surface area contributed by atoms with Crippen LogP contribution in [-0.4, -0.2) is 28.6 Å². The number of hydrogen-bond acceptors (Lipinski definition) is 3. The van der Waals surface area contributed by atoms with Gasteiger partial charge in [-0.15, -0.1) is 0 Å². The Hall–Kier alpha value is -1.06. The topological polar surface area (TPSA) is 49.5 Å². The highest BCUT2D eigenvalue weighted by molar-refractivity contribution is 5.38. The smallest absolute Gasteiger partial charge is 0.120 e. The summed E-state index contributed by atoms with van der Waals surface area (Å²) in [5, 5.41) is 10.1. The number of aromatic hydroxyl groups is 1. The fourth-order valence-corrected chi connectivity index (χ4v) is 3.01. The average molecular weight is 232 g/mol. The maximum Gasteiger partial charge on any atom is 0.120 e. The molecule has 3 N–H and O–H groups in total. The number of phenols is 1. The van der Waals surface area contributed by atoms with Gasteiger partial charge in [-0.1, -0.05) is 18.2 Å². The van der Waals surface area contributed by atoms with E-state index in [1.807, 2.05) is 18.2 Å². The van der Waals surface area contributed by atoms with Gasteiger partial charge in [0.1, 0.15) is 5.75 Å². The van der Waals surface area contributed by atoms with E-state index < -0.39 is 0 Å². The number of likely N-dealkylation sites (tertiary alicyclic amines) is 1. The Bertz CT molecular complexity index is 408. The molecule has 1 aromatic rings. The lowest BCUT2D eigenvalue weighted by molar-refractivity contribution is 0.198. The van der Waals surface area contributed by atoms with Gasteiger partial charge >= 0.3 is 0 Å². The van der Waals surface area contributed by atoms with E-state index >= 15 is 0 Å². The summed E-state index contributed by atoms with van der Waals surface area (Å²) in [6, 6.07) is 7.85. The highest BCUT2D eigenvalue weighted by Crippen LogP contribution is 2.49. The molecule has 3 heteroatoms. The summed E-state index contributed by atoms with van der Waals surface area (Å²) >= 11 is 0. The molecule has 2 fully saturated rings. The van der Waals surface area contributed by atoms with Crippen molar-refractivity contribution < 1.29 is 5.11 Å². The number of para-hydroxylation sites is 1. The minimum Gasteiger partial charge on any atom is -0.508 e. The van der Waals surface area contributed by atoms with E-state index in [4.69, 9.17) is 5.73 Å². The van der Waals surface area contributed by atoms with Crippen molar-refractivity contribution >= 4 is 0 Å². The highest BCUT2D eigenvalue weighted by atomic mass is 16.3. The maximum absolute atomic E-state index is 10.1. The fourth-order valence-electron chi connectivity index (χ4n) is 3.01. The zero-order valence-electron chi connectivity index (χ0n) is 10.1. The molecule has 1 atom stereocenters. The van der Waals surface area contributed by atoms with Crippen molar-refractivity contribution in [1.29, 1.82) is 0 Å². The third kappa shape index (κ3) is 1.94. The van der Waals surface area contributed by atoms with Crippen LogP contribution in [0, 0.1) is 0 Å². The van der Waals surface area contributed by atoms with Gasteiger partial charge in [0.25, 0.3) is 0 Å². The fraction of sp³-hybridized carbons (Fsp3) is 0.571. The first-order valence-electron chi connectivity index (χ1n) is 6.51. The first kappa shape index (κ1) is 11.1. The number of hydrogen-bond donors (Lipinski definition) is 2. The largest absolute Gasteiger partial charge is 0.508 e. The van der Waals surface area contributed by atoms with Gasteiger partial charge in [-0.05, 0) is 44.8 Å². The van der Waals surface area contributed by atoms with Crippen molar-refractivity contribution in [3.63, 3.8) is 0 Å². The minimum absolute atomic E-state index is 0.108. The summed E-state index contributed by atoms with van der Waals surface area (Å²) < 4.78 is 0. The minimum atomic E-state index is -0.108. The zero-order valence-corrected chi connectivity index (χ0v) is 10.1. The molecular formula is C14H20N2O. The summed E-state index contributed by atoms with van der Waals surface area (Å²) in [5.41, 5.74) is 7.32. The molecule has 17 heavy (non-hydrogen) atoms. The van der Waals surface area contributed by atoms with Crippen LogP contribution in [0.25, 0.3) is 0 Å². The molecule has 1 heterocycles. The number of nitrogens with zero attached hydrogens (tertiary/aromatic N) is 1. The summed E-state index contributed by atoms with van der Waals surface area (Å²) in [6.45, 7) is 2.22. The Morgan fingerprint density at radius 2 is 1.82 bits per heavy atom. The third-order valence-electron chi connectivity index (χ3n) is 4.11. The molecule has 0 amide bonds. The van der Waals surface area contributed by atoms with Crippen molar-refractivity contribution in [3.8, 4) is 5.75 Å². The molecule has 0 bridgehead atoms. The van der Waals surface area contributed by atoms with Crippen LogP contribution in [0.15, 0.2) is 24.3 Å². The number of phenolic OH excluding ortho intramolecular Hbond substituents is 1. The second-order valence-electron chi connectivity index (χ2n) is 5.44. The van der Waals surface area contributed by atoms with Crippen LogP contribution >= 0.6 is 0 Å². The van der Waals surface area contributed by atoms with Crippen molar-refractivity contribution in [1.82, 2.24) is 4.90 Å². The molecule has 3 nitrogen and oxygen atoms in total. The second kappa shape index (κ2) is 4.00. The summed E-state index contributed by atoms with van der Waals surface area (Å²) in [6.07, 6.45) is 4.64. The van der Waals surface area contributed by atoms with Crippen LogP contribution in [0.2, 0.25) is 0 Å². The van der Waals surface area contributed by atoms with Gasteiger partial charge < -0.3 is 10.8 Å². The van der Waals surface area contributed by atoms with E-state index in [1.165, 1.54) is 12.8 Å². The monoisotopic (exact) mass is 232 g/mol. The van der Waals surface area contributed by atoms with Crippen molar-refractivity contribution in [2.45, 2.75) is 37.3 Å². The Morgan fingerprint density at radius 3 is 2.41 bits per heavy atom. The van der Waals surface area contributed by atoms with E-state index in [1.54, 1.807) is 6.07 Å². The molecule has 0 spiro atoms. The first-order valence-corrected chi connectivity index (χ1v) is 6.51. The van der Waals surface area contributed by atoms with Gasteiger partial charge in [-0.25, -0.2) is 0 Å². The molecular weight excluding hydrogens is 212 g/mol. The number of rotatable bonds is 3. The molecule has 92 valence electrons. The van der Waals surface area contributed by atoms with Gasteiger partial charge in [0, 0.05) is 11.1 Å². The van der Waals surface area contributed by atoms with Gasteiger partial charge in [-0.2, -0.15) is 0 Å². The molecule has 1 saturated heterocycles. The maximum atomic E-state index is 10.1. The third-order valence-corrected chi connectivity index (χ3v) is 4.11. The van der Waals surface area contributed by atoms with E-state index in [0.717, 1.165) is 31.5 Å². The molecule has 1 aliphatic carbocycles. The molecule has 0 aromatic heterocycles. The summed E-state index contributed by atoms with van der Waals surface area (Å²) in [5.74, 6) is 0.390. The second-order valence-corrected chi connectivity index (χ2v) is 5.44. The lowest BCUT2D eigenvalue weighted by Gasteiger charge is -2.33. The van der Waals surface area contributed by atoms with Gasteiger partial charge in [0.15, 0.2) is 0 Å². The predicted molar refractivity (Wildman–Crippen MR) is 67.8 cm³/mol. The van der Waals surface area contributed by atoms with Crippen LogP contribution in [-0.2, 0) is 0 Å². The summed E-state index contributed by atoms with van der Waals surface area (Å²) in [7, 11) is 0. The Kier molecular flexibility index (Phi) is 2.60. The molecule has 1 aliphatic heterocycles. The van der Waals surface area contributed by atoms with Crippen LogP contribution in [0.1, 0.15) is 37.3 Å². The predicted octanol–water partition coefficient (Wildman–Crippen LogP) is 2.02. The molecule has 1 saturated carbocycles. The average Bonchev–Trinajstić information content (AvgIpc) is 2.85. The number of benzene rings is 1. The van der Waals surface area contributed by atoms with Gasteiger partial charge in [-0.3, -0.25) is 4.90 Å². The van der Waals surface area contributed by atoms with Crippen molar-refractivity contribution in [2.75, 3.05) is 13.1 Å². The SMILES string of the molecule is NC1(C(c2ccccc2O)N2CCCC2)CC1. The van der Waals surface area contributed by atoms with Crippen LogP contribution in [0.3, 0.4) is 0 Å².